The first kappa shape index (κ1) is 18.5. The Bertz CT molecular complexity index is 1000. The van der Waals surface area contributed by atoms with Crippen molar-refractivity contribution in [1.29, 1.82) is 10.5 Å². The number of benzene rings is 2. The Kier molecular flexibility index (Phi) is 5.42. The Labute approximate surface area is 161 Å². The third kappa shape index (κ3) is 3.93. The summed E-state index contributed by atoms with van der Waals surface area (Å²) in [6.45, 7) is 0.125. The predicted molar refractivity (Wildman–Crippen MR) is 99.0 cm³/mol. The van der Waals surface area contributed by atoms with E-state index in [4.69, 9.17) is 26.9 Å². The van der Waals surface area contributed by atoms with Crippen LogP contribution >= 0.6 is 11.6 Å². The number of ketones is 1. The summed E-state index contributed by atoms with van der Waals surface area (Å²) in [5.41, 5.74) is 1.39. The highest BCUT2D eigenvalue weighted by Crippen LogP contribution is 2.40. The minimum Gasteiger partial charge on any atom is -0.507 e. The molecule has 0 aromatic heterocycles. The van der Waals surface area contributed by atoms with Gasteiger partial charge in [0.15, 0.2) is 5.76 Å². The molecule has 1 aliphatic rings. The van der Waals surface area contributed by atoms with E-state index in [1.54, 1.807) is 35.2 Å². The molecule has 0 aliphatic carbocycles. The van der Waals surface area contributed by atoms with E-state index in [1.165, 1.54) is 12.1 Å². The van der Waals surface area contributed by atoms with E-state index in [9.17, 15) is 9.90 Å². The minimum absolute atomic E-state index is 0.00975. The van der Waals surface area contributed by atoms with Crippen LogP contribution in [0.4, 0.5) is 0 Å². The third-order valence-corrected chi connectivity index (χ3v) is 4.27. The van der Waals surface area contributed by atoms with Crippen LogP contribution in [0.2, 0.25) is 5.02 Å². The van der Waals surface area contributed by atoms with Gasteiger partial charge in [-0.1, -0.05) is 23.7 Å². The molecule has 3 rings (SSSR count). The first-order valence-corrected chi connectivity index (χ1v) is 8.42. The van der Waals surface area contributed by atoms with Crippen LogP contribution in [-0.2, 0) is 6.54 Å². The molecule has 0 radical (unpaired) electrons. The van der Waals surface area contributed by atoms with Crippen LogP contribution in [0.3, 0.4) is 0 Å². The molecule has 0 spiro atoms. The molecule has 0 amide bonds. The number of carbonyl (C=O) groups excluding carboxylic acids is 1. The molecule has 7 heteroatoms. The number of nitriles is 2. The average Bonchev–Trinajstić information content (AvgIpc) is 2.94. The number of halogens is 1. The van der Waals surface area contributed by atoms with Gasteiger partial charge in [0.05, 0.1) is 36.4 Å². The van der Waals surface area contributed by atoms with Crippen LogP contribution < -0.4 is 4.74 Å². The van der Waals surface area contributed by atoms with E-state index in [1.807, 2.05) is 12.1 Å². The van der Waals surface area contributed by atoms with Gasteiger partial charge in [0.1, 0.15) is 11.5 Å². The summed E-state index contributed by atoms with van der Waals surface area (Å²) in [6.07, 6.45) is 1.58. The average molecular weight is 380 g/mol. The number of hydrogen-bond acceptors (Lipinski definition) is 6. The van der Waals surface area contributed by atoms with Crippen molar-refractivity contribution in [1.82, 2.24) is 4.90 Å². The zero-order chi connectivity index (χ0) is 19.4. The summed E-state index contributed by atoms with van der Waals surface area (Å²) in [5, 5.41) is 28.6. The van der Waals surface area contributed by atoms with Gasteiger partial charge in [0, 0.05) is 11.6 Å². The molecular formula is C20H14ClN3O3. The van der Waals surface area contributed by atoms with Crippen molar-refractivity contribution in [2.24, 2.45) is 0 Å². The standard InChI is InChI=1S/C20H14ClN3O3/c21-14-3-1-2-13(10-14)11-18-19(26)15-4-5-17(25)16(20(15)27-18)12-24(8-6-22)9-7-23/h1-5,10-11,25H,8-9,12H2. The van der Waals surface area contributed by atoms with Gasteiger partial charge in [-0.3, -0.25) is 9.69 Å². The lowest BCUT2D eigenvalue weighted by Crippen LogP contribution is -2.24. The molecule has 1 N–H and O–H groups in total. The van der Waals surface area contributed by atoms with Gasteiger partial charge in [-0.15, -0.1) is 0 Å². The number of fused-ring (bicyclic) bond motifs is 1. The normalized spacial score (nSPS) is 13.9. The molecule has 0 fully saturated rings. The van der Waals surface area contributed by atoms with E-state index < -0.39 is 0 Å². The second kappa shape index (κ2) is 7.92. The molecule has 1 heterocycles. The molecule has 0 unspecified atom stereocenters. The van der Waals surface area contributed by atoms with Gasteiger partial charge in [0.2, 0.25) is 5.78 Å². The van der Waals surface area contributed by atoms with Crippen LogP contribution in [0.5, 0.6) is 11.5 Å². The molecule has 6 nitrogen and oxygen atoms in total. The van der Waals surface area contributed by atoms with Crippen LogP contribution in [0.25, 0.3) is 6.08 Å². The molecule has 0 atom stereocenters. The lowest BCUT2D eigenvalue weighted by Gasteiger charge is -2.17. The zero-order valence-corrected chi connectivity index (χ0v) is 14.9. The van der Waals surface area contributed by atoms with Crippen molar-refractivity contribution in [2.45, 2.75) is 6.54 Å². The summed E-state index contributed by atoms with van der Waals surface area (Å²) < 4.78 is 5.75. The van der Waals surface area contributed by atoms with Crippen molar-refractivity contribution in [3.8, 4) is 23.6 Å². The van der Waals surface area contributed by atoms with Crippen LogP contribution in [0, 0.1) is 22.7 Å². The maximum atomic E-state index is 12.7. The van der Waals surface area contributed by atoms with E-state index in [-0.39, 0.29) is 42.7 Å². The third-order valence-electron chi connectivity index (χ3n) is 4.03. The zero-order valence-electron chi connectivity index (χ0n) is 14.1. The second-order valence-corrected chi connectivity index (χ2v) is 6.33. The second-order valence-electron chi connectivity index (χ2n) is 5.90. The fourth-order valence-electron chi connectivity index (χ4n) is 2.79. The number of aromatic hydroxyl groups is 1. The fourth-order valence-corrected chi connectivity index (χ4v) is 2.99. The fraction of sp³-hybridized carbons (Fsp3) is 0.150. The van der Waals surface area contributed by atoms with Crippen LogP contribution in [-0.4, -0.2) is 28.9 Å². The topological polar surface area (TPSA) is 97.3 Å². The van der Waals surface area contributed by atoms with E-state index in [2.05, 4.69) is 0 Å². The number of Topliss-reactive ketones (excluding diaryl/α,β-unsaturated/α-hetero) is 1. The summed E-state index contributed by atoms with van der Waals surface area (Å²) in [7, 11) is 0. The number of allylic oxidation sites excluding steroid dienone is 1. The monoisotopic (exact) mass is 379 g/mol. The Morgan fingerprint density at radius 1 is 1.19 bits per heavy atom. The molecule has 0 saturated carbocycles. The van der Waals surface area contributed by atoms with Crippen molar-refractivity contribution < 1.29 is 14.6 Å². The van der Waals surface area contributed by atoms with Crippen molar-refractivity contribution in [3.05, 3.63) is 63.9 Å². The molecule has 0 bridgehead atoms. The Hall–Kier alpha value is -3.32. The Balaban J connectivity index is 1.96. The maximum Gasteiger partial charge on any atom is 0.231 e. The van der Waals surface area contributed by atoms with E-state index in [0.29, 0.717) is 21.7 Å². The Morgan fingerprint density at radius 3 is 2.59 bits per heavy atom. The molecule has 0 saturated heterocycles. The van der Waals surface area contributed by atoms with E-state index >= 15 is 0 Å². The van der Waals surface area contributed by atoms with Crippen LogP contribution in [0.1, 0.15) is 21.5 Å². The number of nitrogens with zero attached hydrogens (tertiary/aromatic N) is 3. The van der Waals surface area contributed by atoms with Crippen molar-refractivity contribution in [3.63, 3.8) is 0 Å². The highest BCUT2D eigenvalue weighted by atomic mass is 35.5. The molecule has 2 aromatic carbocycles. The van der Waals surface area contributed by atoms with E-state index in [0.717, 1.165) is 0 Å². The SMILES string of the molecule is N#CCN(CC#N)Cc1c(O)ccc2c1OC(=Cc1cccc(Cl)c1)C2=O. The number of phenols is 1. The van der Waals surface area contributed by atoms with Gasteiger partial charge >= 0.3 is 0 Å². The maximum absolute atomic E-state index is 12.7. The number of hydrogen-bond donors (Lipinski definition) is 1. The van der Waals surface area contributed by atoms with Crippen molar-refractivity contribution in [2.75, 3.05) is 13.1 Å². The van der Waals surface area contributed by atoms with Crippen molar-refractivity contribution >= 4 is 23.5 Å². The van der Waals surface area contributed by atoms with Gasteiger partial charge in [-0.2, -0.15) is 10.5 Å². The highest BCUT2D eigenvalue weighted by Gasteiger charge is 2.31. The first-order valence-electron chi connectivity index (χ1n) is 8.04. The lowest BCUT2D eigenvalue weighted by atomic mass is 10.0. The van der Waals surface area contributed by atoms with Gasteiger partial charge < -0.3 is 9.84 Å². The van der Waals surface area contributed by atoms with Gasteiger partial charge in [0.25, 0.3) is 0 Å². The Morgan fingerprint density at radius 2 is 1.93 bits per heavy atom. The summed E-state index contributed by atoms with van der Waals surface area (Å²) >= 11 is 5.97. The smallest absolute Gasteiger partial charge is 0.231 e. The molecule has 2 aromatic rings. The lowest BCUT2D eigenvalue weighted by molar-refractivity contribution is 0.101. The van der Waals surface area contributed by atoms with Gasteiger partial charge in [-0.05, 0) is 35.9 Å². The number of phenolic OH excluding ortho intramolecular Hbond substituents is 1. The molecule has 1 aliphatic heterocycles. The molecule has 27 heavy (non-hydrogen) atoms. The predicted octanol–water partition coefficient (Wildman–Crippen LogP) is 3.51. The van der Waals surface area contributed by atoms with Crippen LogP contribution in [0.15, 0.2) is 42.2 Å². The highest BCUT2D eigenvalue weighted by molar-refractivity contribution is 6.30. The summed E-state index contributed by atoms with van der Waals surface area (Å²) in [5.74, 6) is -0.00910. The quantitative estimate of drug-likeness (QED) is 0.630. The molecular weight excluding hydrogens is 366 g/mol. The number of ether oxygens (including phenoxy) is 1. The minimum atomic E-state index is -0.307. The largest absolute Gasteiger partial charge is 0.507 e. The first-order chi connectivity index (χ1) is 13.0. The number of carbonyl (C=O) groups is 1. The van der Waals surface area contributed by atoms with Gasteiger partial charge in [-0.25, -0.2) is 0 Å². The molecule has 134 valence electrons. The summed E-state index contributed by atoms with van der Waals surface area (Å²) in [4.78, 5) is 14.2. The summed E-state index contributed by atoms with van der Waals surface area (Å²) in [6, 6.07) is 13.8. The number of rotatable bonds is 5.